The lowest BCUT2D eigenvalue weighted by Gasteiger charge is -2.07. The summed E-state index contributed by atoms with van der Waals surface area (Å²) in [4.78, 5) is 23.0. The summed E-state index contributed by atoms with van der Waals surface area (Å²) < 4.78 is 31.1. The number of hydrogen-bond donors (Lipinski definition) is 0. The number of carbonyl (C=O) groups excluding carboxylic acids is 2. The molecule has 0 rings (SSSR count). The summed E-state index contributed by atoms with van der Waals surface area (Å²) in [7, 11) is 0. The fourth-order valence-corrected chi connectivity index (χ4v) is 1.88. The van der Waals surface area contributed by atoms with E-state index in [1.54, 1.807) is 0 Å². The van der Waals surface area contributed by atoms with Crippen molar-refractivity contribution in [3.63, 3.8) is 0 Å². The van der Waals surface area contributed by atoms with E-state index in [2.05, 4.69) is 0 Å². The van der Waals surface area contributed by atoms with E-state index < -0.39 is 0 Å². The SMILES string of the molecule is CCCOCCOCCOC(=O)CCCC(=O)OCCOCCOCCC. The van der Waals surface area contributed by atoms with Crippen LogP contribution < -0.4 is 0 Å². The van der Waals surface area contributed by atoms with Crippen LogP contribution in [0.5, 0.6) is 0 Å². The first-order chi connectivity index (χ1) is 13.2. The van der Waals surface area contributed by atoms with Crippen molar-refractivity contribution < 1.29 is 38.0 Å². The highest BCUT2D eigenvalue weighted by atomic mass is 16.6. The van der Waals surface area contributed by atoms with Crippen LogP contribution >= 0.6 is 0 Å². The van der Waals surface area contributed by atoms with Crippen LogP contribution in [0.3, 0.4) is 0 Å². The van der Waals surface area contributed by atoms with E-state index in [9.17, 15) is 9.59 Å². The van der Waals surface area contributed by atoms with Crippen LogP contribution in [0, 0.1) is 0 Å². The van der Waals surface area contributed by atoms with E-state index in [1.807, 2.05) is 13.8 Å². The lowest BCUT2D eigenvalue weighted by molar-refractivity contribution is -0.147. The molecule has 0 aliphatic carbocycles. The molecule has 0 saturated carbocycles. The standard InChI is InChI=1S/C19H36O8/c1-3-8-22-10-12-24-14-16-26-18(20)6-5-7-19(21)27-17-15-25-13-11-23-9-4-2/h3-17H2,1-2H3. The maximum absolute atomic E-state index is 11.5. The number of hydrogen-bond acceptors (Lipinski definition) is 8. The van der Waals surface area contributed by atoms with Gasteiger partial charge in [-0.3, -0.25) is 9.59 Å². The summed E-state index contributed by atoms with van der Waals surface area (Å²) in [5.74, 6) is -0.687. The van der Waals surface area contributed by atoms with Gasteiger partial charge in [-0.1, -0.05) is 13.8 Å². The molecule has 0 fully saturated rings. The summed E-state index contributed by atoms with van der Waals surface area (Å²) in [6.07, 6.45) is 2.72. The Balaban J connectivity index is 3.31. The van der Waals surface area contributed by atoms with Gasteiger partial charge in [0.25, 0.3) is 0 Å². The van der Waals surface area contributed by atoms with E-state index >= 15 is 0 Å². The van der Waals surface area contributed by atoms with Gasteiger partial charge in [0.2, 0.25) is 0 Å². The molecule has 0 aliphatic rings. The molecule has 0 amide bonds. The van der Waals surface area contributed by atoms with Gasteiger partial charge >= 0.3 is 11.9 Å². The predicted octanol–water partition coefficient (Wildman–Crippen LogP) is 2.13. The Morgan fingerprint density at radius 2 is 0.852 bits per heavy atom. The second-order valence-electron chi connectivity index (χ2n) is 5.74. The first kappa shape index (κ1) is 25.8. The van der Waals surface area contributed by atoms with E-state index in [1.165, 1.54) is 0 Å². The van der Waals surface area contributed by atoms with E-state index in [4.69, 9.17) is 28.4 Å². The Kier molecular flexibility index (Phi) is 20.1. The molecule has 8 nitrogen and oxygen atoms in total. The second kappa shape index (κ2) is 21.1. The van der Waals surface area contributed by atoms with Crippen molar-refractivity contribution >= 4 is 11.9 Å². The summed E-state index contributed by atoms with van der Waals surface area (Å²) in [5.41, 5.74) is 0. The Morgan fingerprint density at radius 3 is 1.22 bits per heavy atom. The lowest BCUT2D eigenvalue weighted by Crippen LogP contribution is -2.14. The first-order valence-corrected chi connectivity index (χ1v) is 9.82. The molecule has 0 spiro atoms. The van der Waals surface area contributed by atoms with Gasteiger partial charge in [-0.05, 0) is 19.3 Å². The number of esters is 2. The highest BCUT2D eigenvalue weighted by molar-refractivity contribution is 5.72. The molecule has 0 bridgehead atoms. The van der Waals surface area contributed by atoms with Gasteiger partial charge in [-0.25, -0.2) is 0 Å². The molecule has 0 heterocycles. The second-order valence-corrected chi connectivity index (χ2v) is 5.74. The highest BCUT2D eigenvalue weighted by Crippen LogP contribution is 2.00. The van der Waals surface area contributed by atoms with Crippen molar-refractivity contribution in [2.75, 3.05) is 66.1 Å². The maximum Gasteiger partial charge on any atom is 0.305 e. The monoisotopic (exact) mass is 392 g/mol. The van der Waals surface area contributed by atoms with Crippen molar-refractivity contribution in [3.05, 3.63) is 0 Å². The third kappa shape index (κ3) is 20.9. The lowest BCUT2D eigenvalue weighted by atomic mass is 10.2. The summed E-state index contributed by atoms with van der Waals surface area (Å²) in [6, 6.07) is 0. The van der Waals surface area contributed by atoms with Gasteiger partial charge in [0.05, 0.1) is 39.6 Å². The van der Waals surface area contributed by atoms with Gasteiger partial charge in [-0.15, -0.1) is 0 Å². The molecule has 0 saturated heterocycles. The van der Waals surface area contributed by atoms with Crippen molar-refractivity contribution in [3.8, 4) is 0 Å². The summed E-state index contributed by atoms with van der Waals surface area (Å²) in [6.45, 7) is 8.68. The number of ether oxygens (including phenoxy) is 6. The van der Waals surface area contributed by atoms with E-state index in [-0.39, 0.29) is 38.0 Å². The molecule has 160 valence electrons. The molecule has 27 heavy (non-hydrogen) atoms. The van der Waals surface area contributed by atoms with Gasteiger partial charge in [0, 0.05) is 26.1 Å². The quantitative estimate of drug-likeness (QED) is 0.230. The Morgan fingerprint density at radius 1 is 0.519 bits per heavy atom. The molecular formula is C19H36O8. The number of rotatable bonds is 20. The maximum atomic E-state index is 11.5. The average Bonchev–Trinajstić information content (AvgIpc) is 2.66. The summed E-state index contributed by atoms with van der Waals surface area (Å²) in [5, 5.41) is 0. The Labute approximate surface area is 162 Å². The highest BCUT2D eigenvalue weighted by Gasteiger charge is 2.07. The van der Waals surface area contributed by atoms with Crippen molar-refractivity contribution in [1.82, 2.24) is 0 Å². The molecule has 8 heteroatoms. The molecule has 0 aromatic rings. The van der Waals surface area contributed by atoms with Crippen LogP contribution in [-0.2, 0) is 38.0 Å². The van der Waals surface area contributed by atoms with Gasteiger partial charge in [0.1, 0.15) is 13.2 Å². The summed E-state index contributed by atoms with van der Waals surface area (Å²) >= 11 is 0. The third-order valence-electron chi connectivity index (χ3n) is 3.18. The van der Waals surface area contributed by atoms with Gasteiger partial charge in [0.15, 0.2) is 0 Å². The first-order valence-electron chi connectivity index (χ1n) is 9.82. The van der Waals surface area contributed by atoms with Gasteiger partial charge in [-0.2, -0.15) is 0 Å². The van der Waals surface area contributed by atoms with Crippen LogP contribution in [0.2, 0.25) is 0 Å². The van der Waals surface area contributed by atoms with Crippen LogP contribution in [0.1, 0.15) is 46.0 Å². The molecule has 0 unspecified atom stereocenters. The zero-order chi connectivity index (χ0) is 20.0. The Bertz CT molecular complexity index is 317. The minimum Gasteiger partial charge on any atom is -0.463 e. The minimum absolute atomic E-state index is 0.181. The topological polar surface area (TPSA) is 89.5 Å². The van der Waals surface area contributed by atoms with Crippen molar-refractivity contribution in [1.29, 1.82) is 0 Å². The molecule has 0 atom stereocenters. The molecule has 0 N–H and O–H groups in total. The smallest absolute Gasteiger partial charge is 0.305 e. The van der Waals surface area contributed by atoms with Crippen LogP contribution in [0.25, 0.3) is 0 Å². The minimum atomic E-state index is -0.343. The van der Waals surface area contributed by atoms with Crippen LogP contribution in [-0.4, -0.2) is 78.0 Å². The molecule has 0 aromatic carbocycles. The third-order valence-corrected chi connectivity index (χ3v) is 3.18. The van der Waals surface area contributed by atoms with Crippen molar-refractivity contribution in [2.24, 2.45) is 0 Å². The zero-order valence-corrected chi connectivity index (χ0v) is 16.9. The van der Waals surface area contributed by atoms with Crippen LogP contribution in [0.4, 0.5) is 0 Å². The largest absolute Gasteiger partial charge is 0.463 e. The molecule has 0 aromatic heterocycles. The van der Waals surface area contributed by atoms with Gasteiger partial charge < -0.3 is 28.4 Å². The molecular weight excluding hydrogens is 356 g/mol. The zero-order valence-electron chi connectivity index (χ0n) is 16.9. The van der Waals surface area contributed by atoms with E-state index in [0.717, 1.165) is 26.1 Å². The van der Waals surface area contributed by atoms with Crippen molar-refractivity contribution in [2.45, 2.75) is 46.0 Å². The number of carbonyl (C=O) groups is 2. The molecule has 0 radical (unpaired) electrons. The van der Waals surface area contributed by atoms with E-state index in [0.29, 0.717) is 46.1 Å². The van der Waals surface area contributed by atoms with Crippen LogP contribution in [0.15, 0.2) is 0 Å². The predicted molar refractivity (Wildman–Crippen MR) is 99.6 cm³/mol. The molecule has 0 aliphatic heterocycles. The normalized spacial score (nSPS) is 10.7. The fourth-order valence-electron chi connectivity index (χ4n) is 1.88. The Hall–Kier alpha value is -1.22. The fraction of sp³-hybridized carbons (Fsp3) is 0.895. The average molecular weight is 392 g/mol.